The lowest BCUT2D eigenvalue weighted by Gasteiger charge is -2.13. The monoisotopic (exact) mass is 205 g/mol. The molecule has 0 fully saturated rings. The molecule has 0 unspecified atom stereocenters. The maximum absolute atomic E-state index is 12.4. The van der Waals surface area contributed by atoms with Crippen LogP contribution in [0.5, 0.6) is 11.5 Å². The van der Waals surface area contributed by atoms with E-state index < -0.39 is 11.7 Å². The summed E-state index contributed by atoms with van der Waals surface area (Å²) in [6, 6.07) is 4.44. The van der Waals surface area contributed by atoms with Crippen molar-refractivity contribution in [3.05, 3.63) is 23.8 Å². The third-order valence-corrected chi connectivity index (χ3v) is 1.64. The summed E-state index contributed by atoms with van der Waals surface area (Å²) < 4.78 is 46.5. The van der Waals surface area contributed by atoms with Gasteiger partial charge < -0.3 is 9.47 Å². The summed E-state index contributed by atoms with van der Waals surface area (Å²) in [5.74, 6) is -0.305. The smallest absolute Gasteiger partial charge is 0.420 e. The Kier molecular flexibility index (Phi) is 2.88. The van der Waals surface area contributed by atoms with Crippen molar-refractivity contribution in [2.24, 2.45) is 0 Å². The standard InChI is InChI=1S/C9H8F3O2/c1-13-7-5-3-4-6(8(7)14-2)9(10,11)12/h4-5H,1-2H3. The van der Waals surface area contributed by atoms with Gasteiger partial charge in [0.2, 0.25) is 0 Å². The average molecular weight is 205 g/mol. The lowest BCUT2D eigenvalue weighted by molar-refractivity contribution is -0.138. The highest BCUT2D eigenvalue weighted by atomic mass is 19.4. The molecule has 1 radical (unpaired) electrons. The van der Waals surface area contributed by atoms with Crippen molar-refractivity contribution in [1.82, 2.24) is 0 Å². The summed E-state index contributed by atoms with van der Waals surface area (Å²) in [6.45, 7) is 0. The van der Waals surface area contributed by atoms with E-state index in [1.807, 2.05) is 0 Å². The molecule has 0 atom stereocenters. The Morgan fingerprint density at radius 3 is 2.21 bits per heavy atom. The van der Waals surface area contributed by atoms with Crippen molar-refractivity contribution in [2.75, 3.05) is 14.2 Å². The number of halogens is 3. The van der Waals surface area contributed by atoms with Crippen molar-refractivity contribution < 1.29 is 22.6 Å². The molecule has 2 nitrogen and oxygen atoms in total. The van der Waals surface area contributed by atoms with Gasteiger partial charge in [-0.15, -0.1) is 0 Å². The Bertz CT molecular complexity index is 320. The molecule has 0 bridgehead atoms. The first-order chi connectivity index (χ1) is 6.50. The van der Waals surface area contributed by atoms with Crippen LogP contribution in [0.25, 0.3) is 0 Å². The van der Waals surface area contributed by atoms with Gasteiger partial charge in [-0.05, 0) is 18.2 Å². The molecule has 0 aromatic heterocycles. The molecular formula is C9H8F3O2. The second-order valence-electron chi connectivity index (χ2n) is 2.47. The van der Waals surface area contributed by atoms with Crippen molar-refractivity contribution in [3.63, 3.8) is 0 Å². The van der Waals surface area contributed by atoms with E-state index in [4.69, 9.17) is 4.74 Å². The zero-order valence-electron chi connectivity index (χ0n) is 7.61. The van der Waals surface area contributed by atoms with Crippen LogP contribution < -0.4 is 9.47 Å². The van der Waals surface area contributed by atoms with E-state index in [2.05, 4.69) is 10.8 Å². The summed E-state index contributed by atoms with van der Waals surface area (Å²) in [5.41, 5.74) is -0.889. The molecule has 1 aromatic carbocycles. The minimum atomic E-state index is -4.46. The Balaban J connectivity index is 3.29. The minimum absolute atomic E-state index is 0.0160. The van der Waals surface area contributed by atoms with E-state index in [0.29, 0.717) is 0 Å². The van der Waals surface area contributed by atoms with Gasteiger partial charge in [0.05, 0.1) is 14.2 Å². The van der Waals surface area contributed by atoms with Crippen molar-refractivity contribution in [2.45, 2.75) is 6.18 Å². The van der Waals surface area contributed by atoms with Crippen molar-refractivity contribution >= 4 is 0 Å². The first-order valence-corrected chi connectivity index (χ1v) is 3.70. The van der Waals surface area contributed by atoms with Gasteiger partial charge in [-0.25, -0.2) is 0 Å². The van der Waals surface area contributed by atoms with Crippen LogP contribution in [0.15, 0.2) is 12.1 Å². The summed E-state index contributed by atoms with van der Waals surface area (Å²) in [6.07, 6.45) is -4.46. The van der Waals surface area contributed by atoms with Crippen molar-refractivity contribution in [1.29, 1.82) is 0 Å². The minimum Gasteiger partial charge on any atom is -0.493 e. The lowest BCUT2D eigenvalue weighted by atomic mass is 10.2. The lowest BCUT2D eigenvalue weighted by Crippen LogP contribution is -2.08. The fourth-order valence-electron chi connectivity index (χ4n) is 1.04. The Morgan fingerprint density at radius 2 is 1.79 bits per heavy atom. The Hall–Kier alpha value is -1.39. The maximum atomic E-state index is 12.4. The van der Waals surface area contributed by atoms with Gasteiger partial charge in [0, 0.05) is 0 Å². The first kappa shape index (κ1) is 10.7. The molecule has 0 aliphatic heterocycles. The van der Waals surface area contributed by atoms with E-state index in [0.717, 1.165) is 13.2 Å². The predicted molar refractivity (Wildman–Crippen MR) is 43.4 cm³/mol. The van der Waals surface area contributed by atoms with Gasteiger partial charge in [0.15, 0.2) is 11.5 Å². The second kappa shape index (κ2) is 3.77. The number of alkyl halides is 3. The van der Waals surface area contributed by atoms with Gasteiger partial charge in [-0.2, -0.15) is 13.2 Å². The Morgan fingerprint density at radius 1 is 1.14 bits per heavy atom. The highest BCUT2D eigenvalue weighted by molar-refractivity contribution is 5.47. The molecule has 77 valence electrons. The van der Waals surface area contributed by atoms with Gasteiger partial charge in [0.1, 0.15) is 5.56 Å². The third kappa shape index (κ3) is 1.92. The van der Waals surface area contributed by atoms with E-state index >= 15 is 0 Å². The predicted octanol–water partition coefficient (Wildman–Crippen LogP) is 2.52. The zero-order chi connectivity index (χ0) is 10.8. The number of rotatable bonds is 2. The number of ether oxygens (including phenoxy) is 2. The highest BCUT2D eigenvalue weighted by Gasteiger charge is 2.35. The molecular weight excluding hydrogens is 197 g/mol. The second-order valence-corrected chi connectivity index (χ2v) is 2.47. The molecule has 0 saturated carbocycles. The average Bonchev–Trinajstić information content (AvgIpc) is 2.15. The summed E-state index contributed by atoms with van der Waals surface area (Å²) >= 11 is 0. The fourth-order valence-corrected chi connectivity index (χ4v) is 1.04. The summed E-state index contributed by atoms with van der Waals surface area (Å²) in [4.78, 5) is 0. The summed E-state index contributed by atoms with van der Waals surface area (Å²) in [7, 11) is 2.43. The molecule has 0 spiro atoms. The van der Waals surface area contributed by atoms with Crippen LogP contribution in [0.2, 0.25) is 0 Å². The molecule has 0 N–H and O–H groups in total. The third-order valence-electron chi connectivity index (χ3n) is 1.64. The van der Waals surface area contributed by atoms with Crippen molar-refractivity contribution in [3.8, 4) is 11.5 Å². The largest absolute Gasteiger partial charge is 0.493 e. The molecule has 0 saturated heterocycles. The van der Waals surface area contributed by atoms with Gasteiger partial charge in [-0.1, -0.05) is 0 Å². The fraction of sp³-hybridized carbons (Fsp3) is 0.333. The van der Waals surface area contributed by atoms with Gasteiger partial charge in [-0.3, -0.25) is 0 Å². The molecule has 1 aromatic rings. The molecule has 0 aliphatic rings. The molecule has 0 amide bonds. The topological polar surface area (TPSA) is 18.5 Å². The highest BCUT2D eigenvalue weighted by Crippen LogP contribution is 2.40. The number of hydrogen-bond acceptors (Lipinski definition) is 2. The molecule has 0 heterocycles. The normalized spacial score (nSPS) is 11.2. The van der Waals surface area contributed by atoms with Crippen LogP contribution in [-0.2, 0) is 6.18 Å². The van der Waals surface area contributed by atoms with Gasteiger partial charge >= 0.3 is 6.18 Å². The van der Waals surface area contributed by atoms with E-state index in [9.17, 15) is 13.2 Å². The number of hydrogen-bond donors (Lipinski definition) is 0. The SMILES string of the molecule is COc1c[c]cc(C(F)(F)F)c1OC. The van der Waals surface area contributed by atoms with Crippen LogP contribution in [0.3, 0.4) is 0 Å². The van der Waals surface area contributed by atoms with Crippen LogP contribution in [-0.4, -0.2) is 14.2 Å². The maximum Gasteiger partial charge on any atom is 0.420 e. The van der Waals surface area contributed by atoms with E-state index in [1.54, 1.807) is 0 Å². The number of methoxy groups -OCH3 is 2. The van der Waals surface area contributed by atoms with E-state index in [-0.39, 0.29) is 11.5 Å². The zero-order valence-corrected chi connectivity index (χ0v) is 7.61. The molecule has 14 heavy (non-hydrogen) atoms. The molecule has 1 rings (SSSR count). The van der Waals surface area contributed by atoms with Gasteiger partial charge in [0.25, 0.3) is 0 Å². The van der Waals surface area contributed by atoms with Crippen LogP contribution >= 0.6 is 0 Å². The van der Waals surface area contributed by atoms with Crippen LogP contribution in [0, 0.1) is 6.07 Å². The van der Waals surface area contributed by atoms with E-state index in [1.165, 1.54) is 13.2 Å². The van der Waals surface area contributed by atoms with Crippen LogP contribution in [0.1, 0.15) is 5.56 Å². The quantitative estimate of drug-likeness (QED) is 0.738. The molecule has 0 aliphatic carbocycles. The first-order valence-electron chi connectivity index (χ1n) is 3.70. The number of benzene rings is 1. The summed E-state index contributed by atoms with van der Waals surface area (Å²) in [5, 5.41) is 0. The van der Waals surface area contributed by atoms with Crippen LogP contribution in [0.4, 0.5) is 13.2 Å². The molecule has 5 heteroatoms. The Labute approximate surface area is 79.2 Å².